The molecular formula is C66H77Cl2N9O24. The monoisotopic (exact) mass is 1450 g/mol. The molecule has 101 heavy (non-hydrogen) atoms. The quantitative estimate of drug-likeness (QED) is 0.0719. The second-order valence-corrected chi connectivity index (χ2v) is 26.3. The highest BCUT2D eigenvalue weighted by Gasteiger charge is 2.51. The molecular weight excluding hydrogens is 1370 g/mol. The van der Waals surface area contributed by atoms with E-state index in [2.05, 4.69) is 31.9 Å². The van der Waals surface area contributed by atoms with E-state index in [1.54, 1.807) is 0 Å². The number of amides is 7. The van der Waals surface area contributed by atoms with Crippen LogP contribution in [0.1, 0.15) is 112 Å². The molecule has 2 saturated heterocycles. The van der Waals surface area contributed by atoms with Crippen LogP contribution in [0.25, 0.3) is 11.1 Å². The van der Waals surface area contributed by atoms with Crippen molar-refractivity contribution in [2.45, 2.75) is 157 Å². The van der Waals surface area contributed by atoms with Gasteiger partial charge in [-0.25, -0.2) is 4.79 Å². The second kappa shape index (κ2) is 31.4. The molecule has 33 nitrogen and oxygen atoms in total. The van der Waals surface area contributed by atoms with Crippen molar-refractivity contribution in [2.75, 3.05) is 13.7 Å². The first-order valence-corrected chi connectivity index (χ1v) is 32.3. The average molecular weight is 1450 g/mol. The Balaban J connectivity index is 1.32. The summed E-state index contributed by atoms with van der Waals surface area (Å²) in [4.78, 5) is 114. The normalized spacial score (nSPS) is 28.3. The first-order valence-electron chi connectivity index (χ1n) is 31.5. The van der Waals surface area contributed by atoms with Crippen LogP contribution in [0.3, 0.4) is 0 Å². The summed E-state index contributed by atoms with van der Waals surface area (Å²) < 4.78 is 38.2. The number of aromatic hydroxyl groups is 3. The van der Waals surface area contributed by atoms with E-state index in [0.717, 1.165) is 60.7 Å². The average Bonchev–Trinajstić information content (AvgIpc) is 0.777. The van der Waals surface area contributed by atoms with Crippen molar-refractivity contribution in [1.29, 1.82) is 0 Å². The zero-order valence-corrected chi connectivity index (χ0v) is 56.0. The van der Waals surface area contributed by atoms with E-state index in [-0.39, 0.29) is 52.0 Å². The number of benzene rings is 5. The van der Waals surface area contributed by atoms with Crippen LogP contribution in [0.2, 0.25) is 10.0 Å². The van der Waals surface area contributed by atoms with Crippen molar-refractivity contribution in [3.8, 4) is 57.1 Å². The molecule has 7 amide bonds. The fourth-order valence-electron chi connectivity index (χ4n) is 12.1. The second-order valence-electron chi connectivity index (χ2n) is 25.5. The number of carboxylic acid groups (broad SMARTS) is 1. The van der Waals surface area contributed by atoms with E-state index >= 15 is 9.59 Å². The van der Waals surface area contributed by atoms with Gasteiger partial charge >= 0.3 is 5.97 Å². The van der Waals surface area contributed by atoms with Gasteiger partial charge in [0.25, 0.3) is 0 Å². The minimum Gasteiger partial charge on any atom is -0.508 e. The van der Waals surface area contributed by atoms with Gasteiger partial charge in [0.05, 0.1) is 53.8 Å². The van der Waals surface area contributed by atoms with Gasteiger partial charge in [-0.05, 0) is 110 Å². The number of halogens is 2. The molecule has 0 aromatic heterocycles. The minimum absolute atomic E-state index is 0.0959. The Morgan fingerprint density at radius 3 is 1.96 bits per heavy atom. The molecule has 6 aliphatic heterocycles. The summed E-state index contributed by atoms with van der Waals surface area (Å²) in [6.07, 6.45) is -19.1. The van der Waals surface area contributed by atoms with Crippen molar-refractivity contribution < 1.29 is 118 Å². The molecule has 5 aromatic rings. The summed E-state index contributed by atoms with van der Waals surface area (Å²) in [5, 5.41) is 127. The summed E-state index contributed by atoms with van der Waals surface area (Å²) in [5.74, 6) is -15.7. The molecule has 544 valence electrons. The Labute approximate surface area is 585 Å². The lowest BCUT2D eigenvalue weighted by molar-refractivity contribution is -0.333. The molecule has 35 heteroatoms. The number of carboxylic acids is 1. The van der Waals surface area contributed by atoms with Crippen LogP contribution in [-0.2, 0) is 52.6 Å². The van der Waals surface area contributed by atoms with Gasteiger partial charge in [-0.3, -0.25) is 33.6 Å². The van der Waals surface area contributed by atoms with Gasteiger partial charge in [-0.15, -0.1) is 0 Å². The molecule has 0 saturated carbocycles. The molecule has 2 fully saturated rings. The number of hydrogen-bond donors (Lipinski definition) is 19. The van der Waals surface area contributed by atoms with Gasteiger partial charge < -0.3 is 129 Å². The maximum absolute atomic E-state index is 15.8. The number of carbonyl (C=O) groups excluding carboxylic acids is 7. The highest BCUT2D eigenvalue weighted by molar-refractivity contribution is 6.32. The number of hydrogen-bond acceptors (Lipinski definition) is 25. The number of rotatable bonds is 14. The molecule has 5 aromatic carbocycles. The van der Waals surface area contributed by atoms with E-state index in [1.165, 1.54) is 39.1 Å². The molecule has 0 unspecified atom stereocenters. The van der Waals surface area contributed by atoms with Crippen molar-refractivity contribution in [1.82, 2.24) is 31.9 Å². The number of likely N-dealkylation sites (N-methyl/N-ethyl adjacent to an activating group) is 1. The van der Waals surface area contributed by atoms with Crippen LogP contribution < -0.4 is 63.3 Å². The van der Waals surface area contributed by atoms with Crippen molar-refractivity contribution in [3.63, 3.8) is 0 Å². The molecule has 0 spiro atoms. The van der Waals surface area contributed by atoms with E-state index in [1.807, 2.05) is 13.8 Å². The first-order chi connectivity index (χ1) is 47.6. The van der Waals surface area contributed by atoms with Gasteiger partial charge in [0.2, 0.25) is 53.4 Å². The van der Waals surface area contributed by atoms with Crippen molar-refractivity contribution in [3.05, 3.63) is 117 Å². The molecule has 0 aliphatic carbocycles. The predicted molar refractivity (Wildman–Crippen MR) is 351 cm³/mol. The molecule has 6 aliphatic rings. The predicted octanol–water partition coefficient (Wildman–Crippen LogP) is 0.483. The van der Waals surface area contributed by atoms with Gasteiger partial charge in [-0.2, -0.15) is 0 Å². The number of nitrogens with two attached hydrogens (primary N) is 3. The fourth-order valence-corrected chi connectivity index (χ4v) is 12.6. The Hall–Kier alpha value is -9.20. The Morgan fingerprint density at radius 2 is 1.38 bits per heavy atom. The molecule has 0 radical (unpaired) electrons. The third-order valence-electron chi connectivity index (χ3n) is 17.3. The lowest BCUT2D eigenvalue weighted by atomic mass is 9.86. The number of carbonyl (C=O) groups is 8. The summed E-state index contributed by atoms with van der Waals surface area (Å²) in [6, 6.07) is 1.72. The molecule has 6 heterocycles. The maximum atomic E-state index is 15.8. The largest absolute Gasteiger partial charge is 0.508 e. The minimum atomic E-state index is -2.33. The van der Waals surface area contributed by atoms with Crippen LogP contribution in [0.4, 0.5) is 0 Å². The van der Waals surface area contributed by atoms with Crippen molar-refractivity contribution in [2.24, 2.45) is 23.1 Å². The Bertz CT molecular complexity index is 4020. The number of primary amides is 2. The van der Waals surface area contributed by atoms with E-state index < -0.39 is 232 Å². The maximum Gasteiger partial charge on any atom is 0.330 e. The molecule has 17 atom stereocenters. The summed E-state index contributed by atoms with van der Waals surface area (Å²) in [7, 11) is 1.47. The molecule has 9 bridgehead atoms. The smallest absolute Gasteiger partial charge is 0.330 e. The number of nitrogens with one attached hydrogen (secondary N) is 6. The van der Waals surface area contributed by atoms with Gasteiger partial charge in [0.1, 0.15) is 77.3 Å². The summed E-state index contributed by atoms with van der Waals surface area (Å²) in [5.41, 5.74) is 14.1. The first kappa shape index (κ1) is 76.0. The number of phenols is 3. The zero-order valence-electron chi connectivity index (χ0n) is 54.5. The Kier molecular flexibility index (Phi) is 23.6. The number of phenolic OH excluding ortho intramolecular Hbond substituents is 3. The molecule has 11 rings (SSSR count). The van der Waals surface area contributed by atoms with Crippen LogP contribution in [-0.4, -0.2) is 185 Å². The highest BCUT2D eigenvalue weighted by Crippen LogP contribution is 2.50. The summed E-state index contributed by atoms with van der Waals surface area (Å²) in [6.45, 7) is 5.64. The van der Waals surface area contributed by atoms with Crippen LogP contribution >= 0.6 is 23.2 Å². The number of aliphatic carboxylic acids is 1. The standard InChI is InChI=1S/C66H77Cl2N9O24/c1-24(2)12-35(72-5)60(90)77-52-53(85)28-8-11-41(34(68)15-28)98-43-17-29-16-42(56(43)101-65-57(55(87)54(86)44(23-78)99-65)100-47-22-66(4,71)58(88)25(3)96-47)97-40-10-7-26(14-33(40)67)38(81)21-46(84)74-51(64(94)95)32-18-30(79)19-39(82)48(32)31-13-27(6-9-37(31)80)49(59(70)89)75-62(92)50(29)76-61(91)36(20-45(69)83)73-63(52)93/h6-11,13-19,24-25,35-36,38,44,47,49-55,57-58,65,72,78-82,85-88H,12,20-23,71H2,1-5H3,(H2,69,83)(H2,70,89)(H,73,93)(H,74,84)(H,75,92)(H,76,91)(H,77,90)(H,94,95)/t25-,35+,36-,38-,44+,47-,49+,50+,51-,52+,53+,54+,55-,57+,58+,65-,66-/m0/s1. The van der Waals surface area contributed by atoms with Crippen molar-refractivity contribution >= 4 is 70.5 Å². The topological polar surface area (TPSA) is 544 Å². The summed E-state index contributed by atoms with van der Waals surface area (Å²) >= 11 is 14.0. The number of aliphatic hydroxyl groups is 6. The molecule has 22 N–H and O–H groups in total. The lowest BCUT2D eigenvalue weighted by Gasteiger charge is -2.47. The van der Waals surface area contributed by atoms with Gasteiger partial charge in [0, 0.05) is 34.7 Å². The fraction of sp³-hybridized carbons (Fsp3) is 0.424. The van der Waals surface area contributed by atoms with Gasteiger partial charge in [-0.1, -0.05) is 55.2 Å². The SMILES string of the molecule is CN[C@H](CC(C)C)C(=O)N[C@H]1C(=O)N[C@@H](CC(N)=O)C(=O)N[C@H]2C(=O)N[C@@H](C(N)=O)c3ccc(O)c(c3)-c3c(O)cc(O)cc3[C@@H](C(=O)O)NC(=O)C[C@H](O)c3ccc(c(Cl)c3)Oc3cc2cc(c3O[C@@H]2O[C@H](CO)[C@@H](O)[C@H](O)[C@H]2O[C@H]2C[C@](C)(N)[C@H](O)[C@H](C)O2)Oc2ccc(cc2Cl)[C@H]1O. The van der Waals surface area contributed by atoms with E-state index in [9.17, 15) is 79.8 Å². The Morgan fingerprint density at radius 1 is 0.743 bits per heavy atom. The van der Waals surface area contributed by atoms with E-state index in [0.29, 0.717) is 0 Å². The van der Waals surface area contributed by atoms with Gasteiger partial charge in [0.15, 0.2) is 29.9 Å². The zero-order chi connectivity index (χ0) is 74.0. The third kappa shape index (κ3) is 17.1. The third-order valence-corrected chi connectivity index (χ3v) is 17.9. The van der Waals surface area contributed by atoms with E-state index in [4.69, 9.17) is 68.8 Å². The number of ether oxygens (including phenoxy) is 6. The highest BCUT2D eigenvalue weighted by atomic mass is 35.5. The van der Waals surface area contributed by atoms with Crippen LogP contribution in [0.5, 0.6) is 46.0 Å². The lowest BCUT2D eigenvalue weighted by Crippen LogP contribution is -2.64. The number of aliphatic hydroxyl groups excluding tert-OH is 6. The number of fused-ring (bicyclic) bond motifs is 16. The van der Waals surface area contributed by atoms with Crippen LogP contribution in [0.15, 0.2) is 78.9 Å². The van der Waals surface area contributed by atoms with Crippen LogP contribution in [0, 0.1) is 5.92 Å².